The van der Waals surface area contributed by atoms with Crippen LogP contribution in [0.25, 0.3) is 0 Å². The average Bonchev–Trinajstić information content (AvgIpc) is 2.75. The van der Waals surface area contributed by atoms with Crippen LogP contribution in [0, 0.1) is 6.92 Å². The van der Waals surface area contributed by atoms with E-state index in [1.54, 1.807) is 24.5 Å². The van der Waals surface area contributed by atoms with Crippen molar-refractivity contribution < 1.29 is 9.59 Å². The molecule has 0 radical (unpaired) electrons. The van der Waals surface area contributed by atoms with Crippen molar-refractivity contribution in [2.24, 2.45) is 0 Å². The highest BCUT2D eigenvalue weighted by Crippen LogP contribution is 2.22. The first-order valence-electron chi connectivity index (χ1n) is 9.97. The molecule has 1 aromatic heterocycles. The predicted molar refractivity (Wildman–Crippen MR) is 112 cm³/mol. The molecule has 1 atom stereocenters. The minimum atomic E-state index is -0.622. The van der Waals surface area contributed by atoms with Gasteiger partial charge >= 0.3 is 11.8 Å². The Kier molecular flexibility index (Phi) is 7.32. The summed E-state index contributed by atoms with van der Waals surface area (Å²) in [5.41, 5.74) is 3.25. The Morgan fingerprint density at radius 1 is 0.966 bits per heavy atom. The zero-order valence-corrected chi connectivity index (χ0v) is 17.1. The highest BCUT2D eigenvalue weighted by atomic mass is 16.2. The topological polar surface area (TPSA) is 77.6 Å². The van der Waals surface area contributed by atoms with Gasteiger partial charge in [0.15, 0.2) is 0 Å². The largest absolute Gasteiger partial charge is 0.346 e. The van der Waals surface area contributed by atoms with Crippen LogP contribution in [0.1, 0.15) is 22.7 Å². The van der Waals surface area contributed by atoms with Crippen LogP contribution in [0.5, 0.6) is 0 Å². The van der Waals surface area contributed by atoms with Crippen LogP contribution in [0.15, 0.2) is 48.8 Å². The van der Waals surface area contributed by atoms with Gasteiger partial charge < -0.3 is 15.5 Å². The number of piperazine rings is 1. The Balaban J connectivity index is 1.59. The Hall–Kier alpha value is -2.77. The van der Waals surface area contributed by atoms with Gasteiger partial charge in [0.05, 0.1) is 6.04 Å². The lowest BCUT2D eigenvalue weighted by Gasteiger charge is -2.38. The molecule has 1 aliphatic heterocycles. The van der Waals surface area contributed by atoms with Crippen LogP contribution in [0.4, 0.5) is 0 Å². The number of nitrogens with zero attached hydrogens (tertiary/aromatic N) is 3. The maximum absolute atomic E-state index is 12.3. The van der Waals surface area contributed by atoms with Gasteiger partial charge in [-0.05, 0) is 37.2 Å². The summed E-state index contributed by atoms with van der Waals surface area (Å²) in [6, 6.07) is 12.0. The van der Waals surface area contributed by atoms with Crippen molar-refractivity contribution in [3.8, 4) is 0 Å². The average molecular weight is 396 g/mol. The quantitative estimate of drug-likeness (QED) is 0.717. The second-order valence-corrected chi connectivity index (χ2v) is 7.51. The van der Waals surface area contributed by atoms with Crippen LogP contribution >= 0.6 is 0 Å². The molecular formula is C22H29N5O2. The molecule has 1 fully saturated rings. The van der Waals surface area contributed by atoms with E-state index >= 15 is 0 Å². The molecule has 154 valence electrons. The molecule has 2 aromatic rings. The number of amides is 2. The first kappa shape index (κ1) is 21.0. The SMILES string of the molecule is Cc1ccc([C@@H](CNC(=O)C(=O)NCc2ccncc2)N2CCN(C)CC2)cc1. The maximum Gasteiger partial charge on any atom is 0.309 e. The molecule has 7 nitrogen and oxygen atoms in total. The lowest BCUT2D eigenvalue weighted by molar-refractivity contribution is -0.139. The molecular weight excluding hydrogens is 366 g/mol. The van der Waals surface area contributed by atoms with E-state index in [4.69, 9.17) is 0 Å². The van der Waals surface area contributed by atoms with Crippen LogP contribution in [-0.4, -0.2) is 66.4 Å². The van der Waals surface area contributed by atoms with Crippen LogP contribution in [0.2, 0.25) is 0 Å². The molecule has 2 N–H and O–H groups in total. The third-order valence-corrected chi connectivity index (χ3v) is 5.31. The van der Waals surface area contributed by atoms with Gasteiger partial charge in [-0.15, -0.1) is 0 Å². The summed E-state index contributed by atoms with van der Waals surface area (Å²) in [6.07, 6.45) is 3.31. The number of benzene rings is 1. The molecule has 2 amide bonds. The molecule has 7 heteroatoms. The summed E-state index contributed by atoms with van der Waals surface area (Å²) in [5.74, 6) is -1.23. The minimum Gasteiger partial charge on any atom is -0.346 e. The molecule has 29 heavy (non-hydrogen) atoms. The first-order chi connectivity index (χ1) is 14.0. The van der Waals surface area contributed by atoms with E-state index in [2.05, 4.69) is 63.7 Å². The molecule has 1 saturated heterocycles. The summed E-state index contributed by atoms with van der Waals surface area (Å²) in [4.78, 5) is 33.1. The molecule has 1 aliphatic rings. The van der Waals surface area contributed by atoms with Gasteiger partial charge in [0.2, 0.25) is 0 Å². The summed E-state index contributed by atoms with van der Waals surface area (Å²) < 4.78 is 0. The highest BCUT2D eigenvalue weighted by Gasteiger charge is 2.25. The van der Waals surface area contributed by atoms with Crippen molar-refractivity contribution in [2.75, 3.05) is 39.8 Å². The number of hydrogen-bond acceptors (Lipinski definition) is 5. The van der Waals surface area contributed by atoms with Crippen LogP contribution < -0.4 is 10.6 Å². The molecule has 0 bridgehead atoms. The fraction of sp³-hybridized carbons (Fsp3) is 0.409. The number of likely N-dealkylation sites (N-methyl/N-ethyl adjacent to an activating group) is 1. The minimum absolute atomic E-state index is 0.0428. The summed E-state index contributed by atoms with van der Waals surface area (Å²) in [6.45, 7) is 6.59. The van der Waals surface area contributed by atoms with Gasteiger partial charge in [0.25, 0.3) is 0 Å². The lowest BCUT2D eigenvalue weighted by atomic mass is 10.0. The molecule has 3 rings (SSSR count). The maximum atomic E-state index is 12.3. The first-order valence-corrected chi connectivity index (χ1v) is 9.97. The van der Waals surface area contributed by atoms with Gasteiger partial charge in [-0.25, -0.2) is 0 Å². The number of hydrogen-bond donors (Lipinski definition) is 2. The van der Waals surface area contributed by atoms with E-state index in [1.807, 2.05) is 0 Å². The van der Waals surface area contributed by atoms with Crippen molar-refractivity contribution in [2.45, 2.75) is 19.5 Å². The van der Waals surface area contributed by atoms with Crippen molar-refractivity contribution in [1.29, 1.82) is 0 Å². The number of nitrogens with one attached hydrogen (secondary N) is 2. The molecule has 0 aliphatic carbocycles. The fourth-order valence-electron chi connectivity index (χ4n) is 3.41. The normalized spacial score (nSPS) is 16.2. The Morgan fingerprint density at radius 3 is 2.24 bits per heavy atom. The van der Waals surface area contributed by atoms with Crippen molar-refractivity contribution in [1.82, 2.24) is 25.4 Å². The van der Waals surface area contributed by atoms with Gasteiger partial charge in [-0.2, -0.15) is 0 Å². The Labute approximate surface area is 172 Å². The third-order valence-electron chi connectivity index (χ3n) is 5.31. The van der Waals surface area contributed by atoms with Crippen LogP contribution in [0.3, 0.4) is 0 Å². The summed E-state index contributed by atoms with van der Waals surface area (Å²) in [5, 5.41) is 5.48. The van der Waals surface area contributed by atoms with E-state index in [-0.39, 0.29) is 6.04 Å². The van der Waals surface area contributed by atoms with E-state index in [0.717, 1.165) is 37.3 Å². The van der Waals surface area contributed by atoms with Crippen molar-refractivity contribution in [3.05, 3.63) is 65.5 Å². The highest BCUT2D eigenvalue weighted by molar-refractivity contribution is 6.35. The van der Waals surface area contributed by atoms with Gasteiger partial charge in [0.1, 0.15) is 0 Å². The lowest BCUT2D eigenvalue weighted by Crippen LogP contribution is -2.49. The van der Waals surface area contributed by atoms with E-state index in [9.17, 15) is 9.59 Å². The number of carbonyl (C=O) groups is 2. The van der Waals surface area contributed by atoms with E-state index in [0.29, 0.717) is 13.1 Å². The van der Waals surface area contributed by atoms with Gasteiger partial charge in [-0.3, -0.25) is 19.5 Å². The monoisotopic (exact) mass is 395 g/mol. The fourth-order valence-corrected chi connectivity index (χ4v) is 3.41. The molecule has 1 aromatic carbocycles. The number of aromatic nitrogens is 1. The Morgan fingerprint density at radius 2 is 1.59 bits per heavy atom. The zero-order valence-electron chi connectivity index (χ0n) is 17.1. The van der Waals surface area contributed by atoms with Gasteiger partial charge in [0, 0.05) is 51.7 Å². The summed E-state index contributed by atoms with van der Waals surface area (Å²) >= 11 is 0. The number of rotatable bonds is 6. The number of aryl methyl sites for hydroxylation is 1. The Bertz CT molecular complexity index is 802. The van der Waals surface area contributed by atoms with Crippen molar-refractivity contribution in [3.63, 3.8) is 0 Å². The number of carbonyl (C=O) groups excluding carboxylic acids is 2. The van der Waals surface area contributed by atoms with E-state index < -0.39 is 11.8 Å². The molecule has 0 saturated carbocycles. The molecule has 0 spiro atoms. The summed E-state index contributed by atoms with van der Waals surface area (Å²) in [7, 11) is 2.12. The van der Waals surface area contributed by atoms with Crippen LogP contribution in [-0.2, 0) is 16.1 Å². The second kappa shape index (κ2) is 10.1. The molecule has 0 unspecified atom stereocenters. The van der Waals surface area contributed by atoms with Gasteiger partial charge in [-0.1, -0.05) is 29.8 Å². The second-order valence-electron chi connectivity index (χ2n) is 7.51. The van der Waals surface area contributed by atoms with E-state index in [1.165, 1.54) is 5.56 Å². The standard InChI is InChI=1S/C22H29N5O2/c1-17-3-5-19(6-4-17)20(27-13-11-26(2)12-14-27)16-25-22(29)21(28)24-15-18-7-9-23-10-8-18/h3-10,20H,11-16H2,1-2H3,(H,24,28)(H,25,29)/t20-/m1/s1. The number of pyridine rings is 1. The molecule has 2 heterocycles. The smallest absolute Gasteiger partial charge is 0.309 e. The zero-order chi connectivity index (χ0) is 20.6. The van der Waals surface area contributed by atoms with Crippen molar-refractivity contribution >= 4 is 11.8 Å². The predicted octanol–water partition coefficient (Wildman–Crippen LogP) is 1.11. The third kappa shape index (κ3) is 6.10.